The van der Waals surface area contributed by atoms with E-state index in [1.165, 1.54) is 14.2 Å². The summed E-state index contributed by atoms with van der Waals surface area (Å²) in [7, 11) is 2.80. The van der Waals surface area contributed by atoms with Crippen molar-refractivity contribution in [1.29, 1.82) is 0 Å². The summed E-state index contributed by atoms with van der Waals surface area (Å²) in [5.74, 6) is -2.60. The first-order valence-electron chi connectivity index (χ1n) is 11.1. The van der Waals surface area contributed by atoms with Crippen molar-refractivity contribution in [3.63, 3.8) is 0 Å². The molecule has 0 aromatic heterocycles. The number of hydrogen-bond acceptors (Lipinski definition) is 8. The first-order chi connectivity index (χ1) is 15.8. The fourth-order valence-electron chi connectivity index (χ4n) is 4.50. The lowest BCUT2D eigenvalue weighted by molar-refractivity contribution is -0.151. The molecule has 178 valence electrons. The van der Waals surface area contributed by atoms with E-state index < -0.39 is 23.8 Å². The second kappa shape index (κ2) is 10.7. The summed E-state index contributed by atoms with van der Waals surface area (Å²) in [6.07, 6.45) is 0.484. The van der Waals surface area contributed by atoms with Crippen LogP contribution in [0.25, 0.3) is 0 Å². The van der Waals surface area contributed by atoms with Crippen molar-refractivity contribution in [1.82, 2.24) is 5.32 Å². The molecule has 1 heterocycles. The van der Waals surface area contributed by atoms with E-state index in [2.05, 4.69) is 5.32 Å². The van der Waals surface area contributed by atoms with Crippen LogP contribution in [0.1, 0.15) is 38.7 Å². The van der Waals surface area contributed by atoms with E-state index in [4.69, 9.17) is 18.9 Å². The van der Waals surface area contributed by atoms with Crippen LogP contribution in [0, 0.1) is 11.8 Å². The summed E-state index contributed by atoms with van der Waals surface area (Å²) in [6.45, 7) is 6.41. The molecule has 8 nitrogen and oxygen atoms in total. The van der Waals surface area contributed by atoms with E-state index in [9.17, 15) is 14.4 Å². The Kier molecular flexibility index (Phi) is 7.92. The minimum absolute atomic E-state index is 0.0871. The van der Waals surface area contributed by atoms with Gasteiger partial charge >= 0.3 is 11.9 Å². The second-order valence-corrected chi connectivity index (χ2v) is 8.17. The third kappa shape index (κ3) is 4.95. The largest absolute Gasteiger partial charge is 0.494 e. The summed E-state index contributed by atoms with van der Waals surface area (Å²) in [6, 6.07) is 7.27. The third-order valence-electron chi connectivity index (χ3n) is 6.01. The summed E-state index contributed by atoms with van der Waals surface area (Å²) in [5, 5.41) is 3.24. The summed E-state index contributed by atoms with van der Waals surface area (Å²) in [5.41, 5.74) is 2.80. The number of ketones is 1. The monoisotopic (exact) mass is 457 g/mol. The number of allylic oxidation sites excluding steroid dienone is 3. The molecule has 1 aromatic rings. The molecule has 1 aromatic carbocycles. The zero-order chi connectivity index (χ0) is 24.1. The number of carbonyl (C=O) groups is 3. The molecule has 33 heavy (non-hydrogen) atoms. The summed E-state index contributed by atoms with van der Waals surface area (Å²) >= 11 is 0. The van der Waals surface area contributed by atoms with Crippen LogP contribution < -0.4 is 10.1 Å². The number of hydrogen-bond donors (Lipinski definition) is 1. The molecule has 3 rings (SSSR count). The third-order valence-corrected chi connectivity index (χ3v) is 6.01. The van der Waals surface area contributed by atoms with Crippen LogP contribution in [-0.4, -0.2) is 51.8 Å². The number of methoxy groups -OCH3 is 2. The van der Waals surface area contributed by atoms with Gasteiger partial charge in [-0.25, -0.2) is 4.79 Å². The molecule has 1 aliphatic heterocycles. The van der Waals surface area contributed by atoms with Crippen LogP contribution in [-0.2, 0) is 28.6 Å². The standard InChI is InChI=1S/C25H31NO7/c1-6-32-17-9-7-16(8-10-17)21-20(25(29)33-12-11-30-4)15(3)26-18-13-14(2)19(24(28)31-5)23(27)22(18)21/h7-10,14,19,21,26H,6,11-13H2,1-5H3/t14-,19+,21+/m1/s1. The van der Waals surface area contributed by atoms with Crippen molar-refractivity contribution in [2.24, 2.45) is 11.8 Å². The number of ether oxygens (including phenoxy) is 4. The first kappa shape index (κ1) is 24.5. The lowest BCUT2D eigenvalue weighted by atomic mass is 9.69. The molecule has 0 fully saturated rings. The minimum Gasteiger partial charge on any atom is -0.494 e. The predicted molar refractivity (Wildman–Crippen MR) is 120 cm³/mol. The van der Waals surface area contributed by atoms with Crippen LogP contribution in [0.15, 0.2) is 46.8 Å². The van der Waals surface area contributed by atoms with Gasteiger partial charge in [-0.05, 0) is 43.9 Å². The van der Waals surface area contributed by atoms with E-state index in [1.807, 2.05) is 26.0 Å². The molecular formula is C25H31NO7. The molecule has 0 unspecified atom stereocenters. The Morgan fingerprint density at radius 2 is 1.82 bits per heavy atom. The molecule has 1 N–H and O–H groups in total. The van der Waals surface area contributed by atoms with E-state index in [1.54, 1.807) is 19.1 Å². The van der Waals surface area contributed by atoms with Gasteiger partial charge < -0.3 is 24.3 Å². The van der Waals surface area contributed by atoms with Gasteiger partial charge in [0.2, 0.25) is 0 Å². The van der Waals surface area contributed by atoms with Gasteiger partial charge in [-0.1, -0.05) is 19.1 Å². The number of nitrogens with one attached hydrogen (secondary N) is 1. The predicted octanol–water partition coefficient (Wildman–Crippen LogP) is 2.89. The number of esters is 2. The molecule has 0 amide bonds. The first-order valence-corrected chi connectivity index (χ1v) is 11.1. The van der Waals surface area contributed by atoms with Crippen molar-refractivity contribution in [2.45, 2.75) is 33.1 Å². The zero-order valence-corrected chi connectivity index (χ0v) is 19.7. The zero-order valence-electron chi connectivity index (χ0n) is 19.7. The SMILES string of the molecule is CCOc1ccc([C@H]2C(C(=O)OCCOC)=C(C)NC3=C2C(=O)[C@@H](C(=O)OC)[C@H](C)C3)cc1. The fraction of sp³-hybridized carbons (Fsp3) is 0.480. The van der Waals surface area contributed by atoms with Gasteiger partial charge in [0.15, 0.2) is 5.78 Å². The van der Waals surface area contributed by atoms with Gasteiger partial charge in [0.25, 0.3) is 0 Å². The molecule has 2 aliphatic rings. The van der Waals surface area contributed by atoms with E-state index in [0.29, 0.717) is 35.6 Å². The smallest absolute Gasteiger partial charge is 0.336 e. The molecular weight excluding hydrogens is 426 g/mol. The molecule has 1 aliphatic carbocycles. The Labute approximate surface area is 193 Å². The summed E-state index contributed by atoms with van der Waals surface area (Å²) < 4.78 is 20.9. The maximum absolute atomic E-state index is 13.6. The number of carbonyl (C=O) groups excluding carboxylic acids is 3. The Morgan fingerprint density at radius 1 is 1.12 bits per heavy atom. The van der Waals surface area contributed by atoms with E-state index >= 15 is 0 Å². The van der Waals surface area contributed by atoms with Crippen molar-refractivity contribution in [2.75, 3.05) is 34.0 Å². The van der Waals surface area contributed by atoms with Gasteiger partial charge in [0.05, 0.1) is 25.9 Å². The van der Waals surface area contributed by atoms with Gasteiger partial charge in [-0.3, -0.25) is 9.59 Å². The highest BCUT2D eigenvalue weighted by atomic mass is 16.6. The second-order valence-electron chi connectivity index (χ2n) is 8.17. The number of dihydropyridines is 1. The number of rotatable bonds is 8. The molecule has 3 atom stereocenters. The highest BCUT2D eigenvalue weighted by Crippen LogP contribution is 2.45. The molecule has 8 heteroatoms. The average molecular weight is 458 g/mol. The molecule has 0 spiro atoms. The maximum Gasteiger partial charge on any atom is 0.336 e. The normalized spacial score (nSPS) is 22.5. The lowest BCUT2D eigenvalue weighted by Crippen LogP contribution is -2.43. The lowest BCUT2D eigenvalue weighted by Gasteiger charge is -2.38. The Morgan fingerprint density at radius 3 is 2.42 bits per heavy atom. The highest BCUT2D eigenvalue weighted by Gasteiger charge is 2.47. The van der Waals surface area contributed by atoms with Crippen molar-refractivity contribution >= 4 is 17.7 Å². The van der Waals surface area contributed by atoms with Crippen LogP contribution in [0.4, 0.5) is 0 Å². The fourth-order valence-corrected chi connectivity index (χ4v) is 4.50. The number of Topliss-reactive ketones (excluding diaryl/α,β-unsaturated/α-hetero) is 1. The van der Waals surface area contributed by atoms with Gasteiger partial charge in [0.1, 0.15) is 18.3 Å². The molecule has 0 saturated heterocycles. The van der Waals surface area contributed by atoms with Crippen LogP contribution >= 0.6 is 0 Å². The van der Waals surface area contributed by atoms with E-state index in [0.717, 1.165) is 11.3 Å². The van der Waals surface area contributed by atoms with Crippen LogP contribution in [0.5, 0.6) is 5.75 Å². The highest BCUT2D eigenvalue weighted by molar-refractivity contribution is 6.12. The van der Waals surface area contributed by atoms with E-state index in [-0.39, 0.29) is 24.9 Å². The van der Waals surface area contributed by atoms with Crippen molar-refractivity contribution in [3.05, 3.63) is 52.4 Å². The Balaban J connectivity index is 2.10. The van der Waals surface area contributed by atoms with Crippen LogP contribution in [0.2, 0.25) is 0 Å². The minimum atomic E-state index is -0.926. The topological polar surface area (TPSA) is 100 Å². The molecule has 0 saturated carbocycles. The van der Waals surface area contributed by atoms with Crippen molar-refractivity contribution in [3.8, 4) is 5.75 Å². The maximum atomic E-state index is 13.6. The number of benzene rings is 1. The Bertz CT molecular complexity index is 977. The molecule has 0 radical (unpaired) electrons. The Hall–Kier alpha value is -3.13. The summed E-state index contributed by atoms with van der Waals surface area (Å²) in [4.78, 5) is 39.2. The molecule has 0 bridgehead atoms. The van der Waals surface area contributed by atoms with Gasteiger partial charge in [-0.2, -0.15) is 0 Å². The average Bonchev–Trinajstić information content (AvgIpc) is 2.78. The van der Waals surface area contributed by atoms with Gasteiger partial charge in [-0.15, -0.1) is 0 Å². The van der Waals surface area contributed by atoms with Crippen molar-refractivity contribution < 1.29 is 33.3 Å². The van der Waals surface area contributed by atoms with Crippen LogP contribution in [0.3, 0.4) is 0 Å². The van der Waals surface area contributed by atoms with Gasteiger partial charge in [0, 0.05) is 30.0 Å². The quantitative estimate of drug-likeness (QED) is 0.361.